The molecule has 0 atom stereocenters. The Kier molecular flexibility index (Phi) is 4.63. The van der Waals surface area contributed by atoms with Gasteiger partial charge in [-0.1, -0.05) is 0 Å². The average molecular weight is 275 g/mol. The van der Waals surface area contributed by atoms with E-state index in [9.17, 15) is 0 Å². The molecule has 0 spiro atoms. The monoisotopic (exact) mass is 275 g/mol. The van der Waals surface area contributed by atoms with Gasteiger partial charge in [-0.15, -0.1) is 11.8 Å². The third kappa shape index (κ3) is 3.86. The highest BCUT2D eigenvalue weighted by atomic mass is 32.2. The number of benzene rings is 1. The summed E-state index contributed by atoms with van der Waals surface area (Å²) in [6, 6.07) is 9.89. The Hall–Kier alpha value is -1.75. The molecule has 1 aromatic heterocycles. The minimum absolute atomic E-state index is 0.370. The van der Waals surface area contributed by atoms with Crippen LogP contribution in [0.2, 0.25) is 0 Å². The van der Waals surface area contributed by atoms with Gasteiger partial charge in [0.15, 0.2) is 5.82 Å². The maximum Gasteiger partial charge on any atom is 0.168 e. The fourth-order valence-corrected chi connectivity index (χ4v) is 2.05. The molecule has 2 aromatic rings. The third-order valence-corrected chi connectivity index (χ3v) is 3.33. The van der Waals surface area contributed by atoms with Crippen LogP contribution in [0.15, 0.2) is 35.2 Å². The second-order valence-corrected chi connectivity index (χ2v) is 4.90. The van der Waals surface area contributed by atoms with Gasteiger partial charge in [0.2, 0.25) is 0 Å². The summed E-state index contributed by atoms with van der Waals surface area (Å²) in [6.45, 7) is 2.31. The molecule has 0 fully saturated rings. The van der Waals surface area contributed by atoms with Gasteiger partial charge in [-0.05, 0) is 37.4 Å². The fraction of sp³-hybridized carbons (Fsp3) is 0.286. The van der Waals surface area contributed by atoms with Crippen LogP contribution in [0.5, 0.6) is 5.75 Å². The Morgan fingerprint density at radius 2 is 1.95 bits per heavy atom. The number of thioether (sulfide) groups is 1. The maximum atomic E-state index is 5.68. The van der Waals surface area contributed by atoms with Crippen molar-refractivity contribution in [1.29, 1.82) is 0 Å². The first kappa shape index (κ1) is 13.7. The van der Waals surface area contributed by atoms with E-state index in [0.717, 1.165) is 17.3 Å². The average Bonchev–Trinajstić information content (AvgIpc) is 2.45. The molecule has 0 aliphatic carbocycles. The van der Waals surface area contributed by atoms with E-state index in [1.54, 1.807) is 11.8 Å². The Morgan fingerprint density at radius 1 is 1.21 bits per heavy atom. The number of aryl methyl sites for hydroxylation is 1. The van der Waals surface area contributed by atoms with E-state index in [2.05, 4.69) is 21.5 Å². The highest BCUT2D eigenvalue weighted by Crippen LogP contribution is 2.19. The minimum atomic E-state index is 0.370. The van der Waals surface area contributed by atoms with Crippen LogP contribution in [-0.4, -0.2) is 23.3 Å². The summed E-state index contributed by atoms with van der Waals surface area (Å²) in [4.78, 5) is 9.92. The lowest BCUT2D eigenvalue weighted by Gasteiger charge is -2.08. The molecule has 0 saturated carbocycles. The first-order chi connectivity index (χ1) is 9.21. The summed E-state index contributed by atoms with van der Waals surface area (Å²) in [5.41, 5.74) is 0.927. The molecular weight excluding hydrogens is 258 g/mol. The Bertz CT molecular complexity index is 543. The fourth-order valence-electron chi connectivity index (χ4n) is 1.64. The molecule has 0 unspecified atom stereocenters. The van der Waals surface area contributed by atoms with Crippen LogP contribution in [0.25, 0.3) is 0 Å². The number of rotatable bonds is 5. The predicted molar refractivity (Wildman–Crippen MR) is 78.9 cm³/mol. The van der Waals surface area contributed by atoms with Gasteiger partial charge in [0, 0.05) is 23.7 Å². The van der Waals surface area contributed by atoms with Gasteiger partial charge in [-0.3, -0.25) is 0 Å². The van der Waals surface area contributed by atoms with Gasteiger partial charge in [0.05, 0.1) is 0 Å². The summed E-state index contributed by atoms with van der Waals surface area (Å²) >= 11 is 1.71. The normalized spacial score (nSPS) is 10.3. The van der Waals surface area contributed by atoms with Crippen molar-refractivity contribution < 1.29 is 4.74 Å². The second-order valence-electron chi connectivity index (χ2n) is 4.02. The van der Waals surface area contributed by atoms with Crippen molar-refractivity contribution in [2.24, 2.45) is 0 Å². The number of nitrogens with one attached hydrogen (secondary N) is 1. The molecule has 0 radical (unpaired) electrons. The zero-order valence-electron chi connectivity index (χ0n) is 11.3. The third-order valence-electron chi connectivity index (χ3n) is 2.58. The van der Waals surface area contributed by atoms with Gasteiger partial charge in [0.1, 0.15) is 18.2 Å². The smallest absolute Gasteiger partial charge is 0.168 e. The lowest BCUT2D eigenvalue weighted by molar-refractivity contribution is 0.295. The zero-order chi connectivity index (χ0) is 13.7. The van der Waals surface area contributed by atoms with Gasteiger partial charge in [-0.25, -0.2) is 9.97 Å². The van der Waals surface area contributed by atoms with E-state index < -0.39 is 0 Å². The Balaban J connectivity index is 2.03. The summed E-state index contributed by atoms with van der Waals surface area (Å²) in [5, 5.41) is 3.01. The summed E-state index contributed by atoms with van der Waals surface area (Å²) in [7, 11) is 1.84. The van der Waals surface area contributed by atoms with Gasteiger partial charge >= 0.3 is 0 Å². The highest BCUT2D eigenvalue weighted by Gasteiger charge is 2.02. The van der Waals surface area contributed by atoms with Gasteiger partial charge < -0.3 is 10.1 Å². The van der Waals surface area contributed by atoms with Crippen molar-refractivity contribution in [1.82, 2.24) is 9.97 Å². The highest BCUT2D eigenvalue weighted by molar-refractivity contribution is 7.98. The number of nitrogens with zero attached hydrogens (tertiary/aromatic N) is 2. The van der Waals surface area contributed by atoms with Crippen LogP contribution >= 0.6 is 11.8 Å². The molecular formula is C14H17N3OS. The molecule has 0 saturated heterocycles. The predicted octanol–water partition coefficient (Wildman–Crippen LogP) is 3.13. The minimum Gasteiger partial charge on any atom is -0.486 e. The Labute approximate surface area is 117 Å². The molecule has 19 heavy (non-hydrogen) atoms. The standard InChI is InChI=1S/C14H17N3OS/c1-10-8-13(15-2)17-14(16-10)9-18-11-4-6-12(19-3)7-5-11/h4-8H,9H2,1-3H3,(H,15,16,17). The quantitative estimate of drug-likeness (QED) is 0.849. The van der Waals surface area contributed by atoms with Crippen molar-refractivity contribution in [2.45, 2.75) is 18.4 Å². The van der Waals surface area contributed by atoms with E-state index in [1.165, 1.54) is 4.90 Å². The molecule has 0 aliphatic heterocycles. The number of anilines is 1. The van der Waals surface area contributed by atoms with Crippen LogP contribution in [0.4, 0.5) is 5.82 Å². The van der Waals surface area contributed by atoms with E-state index in [1.807, 2.05) is 44.3 Å². The lowest BCUT2D eigenvalue weighted by atomic mass is 10.3. The van der Waals surface area contributed by atoms with Crippen LogP contribution in [0, 0.1) is 6.92 Å². The van der Waals surface area contributed by atoms with E-state index in [0.29, 0.717) is 12.4 Å². The number of hydrogen-bond acceptors (Lipinski definition) is 5. The van der Waals surface area contributed by atoms with Crippen LogP contribution in [0.3, 0.4) is 0 Å². The molecule has 4 nitrogen and oxygen atoms in total. The topological polar surface area (TPSA) is 47.0 Å². The number of ether oxygens (including phenoxy) is 1. The van der Waals surface area contributed by atoms with Gasteiger partial charge in [-0.2, -0.15) is 0 Å². The number of hydrogen-bond donors (Lipinski definition) is 1. The van der Waals surface area contributed by atoms with E-state index >= 15 is 0 Å². The number of aromatic nitrogens is 2. The maximum absolute atomic E-state index is 5.68. The van der Waals surface area contributed by atoms with E-state index in [4.69, 9.17) is 4.74 Å². The lowest BCUT2D eigenvalue weighted by Crippen LogP contribution is -2.05. The molecule has 2 rings (SSSR count). The molecule has 1 aromatic carbocycles. The first-order valence-corrected chi connectivity index (χ1v) is 7.23. The van der Waals surface area contributed by atoms with Crippen molar-refractivity contribution in [3.63, 3.8) is 0 Å². The molecule has 100 valence electrons. The molecule has 1 N–H and O–H groups in total. The molecule has 0 aliphatic rings. The van der Waals surface area contributed by atoms with Gasteiger partial charge in [0.25, 0.3) is 0 Å². The van der Waals surface area contributed by atoms with Crippen LogP contribution in [-0.2, 0) is 6.61 Å². The summed E-state index contributed by atoms with van der Waals surface area (Å²) < 4.78 is 5.68. The van der Waals surface area contributed by atoms with Crippen molar-refractivity contribution in [3.8, 4) is 5.75 Å². The molecule has 1 heterocycles. The van der Waals surface area contributed by atoms with Crippen molar-refractivity contribution in [3.05, 3.63) is 41.9 Å². The Morgan fingerprint density at radius 3 is 2.58 bits per heavy atom. The zero-order valence-corrected chi connectivity index (χ0v) is 12.1. The van der Waals surface area contributed by atoms with Crippen molar-refractivity contribution in [2.75, 3.05) is 18.6 Å². The molecule has 0 amide bonds. The molecule has 5 heteroatoms. The summed E-state index contributed by atoms with van der Waals surface area (Å²) in [6.07, 6.45) is 2.05. The summed E-state index contributed by atoms with van der Waals surface area (Å²) in [5.74, 6) is 2.32. The van der Waals surface area contributed by atoms with Crippen molar-refractivity contribution >= 4 is 17.6 Å². The first-order valence-electron chi connectivity index (χ1n) is 6.00. The second kappa shape index (κ2) is 6.43. The SMILES string of the molecule is CNc1cc(C)nc(COc2ccc(SC)cc2)n1. The van der Waals surface area contributed by atoms with E-state index in [-0.39, 0.29) is 0 Å². The van der Waals surface area contributed by atoms with Crippen LogP contribution in [0.1, 0.15) is 11.5 Å². The van der Waals surface area contributed by atoms with Crippen LogP contribution < -0.4 is 10.1 Å². The largest absolute Gasteiger partial charge is 0.486 e. The molecule has 0 bridgehead atoms.